The third-order valence-corrected chi connectivity index (χ3v) is 6.13. The molecular formula is C17H18N4O3S2. The van der Waals surface area contributed by atoms with E-state index in [4.69, 9.17) is 0 Å². The van der Waals surface area contributed by atoms with Crippen LogP contribution in [0.25, 0.3) is 10.8 Å². The van der Waals surface area contributed by atoms with E-state index in [1.165, 1.54) is 11.3 Å². The van der Waals surface area contributed by atoms with Crippen LogP contribution in [-0.2, 0) is 21.2 Å². The summed E-state index contributed by atoms with van der Waals surface area (Å²) in [6.45, 7) is 1.95. The molecule has 9 heteroatoms. The maximum absolute atomic E-state index is 12.4. The van der Waals surface area contributed by atoms with Gasteiger partial charge in [-0.25, -0.2) is 13.1 Å². The average molecular weight is 390 g/mol. The van der Waals surface area contributed by atoms with Crippen molar-refractivity contribution in [3.05, 3.63) is 47.5 Å². The highest BCUT2D eigenvalue weighted by Crippen LogP contribution is 2.19. The van der Waals surface area contributed by atoms with Gasteiger partial charge in [-0.2, -0.15) is 0 Å². The monoisotopic (exact) mass is 390 g/mol. The maximum atomic E-state index is 12.4. The predicted octanol–water partition coefficient (Wildman–Crippen LogP) is 2.56. The van der Waals surface area contributed by atoms with Crippen LogP contribution in [-0.4, -0.2) is 31.1 Å². The van der Waals surface area contributed by atoms with Gasteiger partial charge in [-0.3, -0.25) is 4.79 Å². The molecule has 0 aliphatic rings. The van der Waals surface area contributed by atoms with Crippen molar-refractivity contribution < 1.29 is 13.2 Å². The van der Waals surface area contributed by atoms with E-state index in [-0.39, 0.29) is 23.8 Å². The Labute approximate surface area is 155 Å². The topological polar surface area (TPSA) is 101 Å². The van der Waals surface area contributed by atoms with E-state index in [2.05, 4.69) is 20.2 Å². The number of amides is 1. The lowest BCUT2D eigenvalue weighted by molar-refractivity contribution is -0.116. The molecule has 0 fully saturated rings. The van der Waals surface area contributed by atoms with Gasteiger partial charge in [-0.15, -0.1) is 10.2 Å². The third kappa shape index (κ3) is 4.43. The normalized spacial score (nSPS) is 11.6. The molecule has 0 radical (unpaired) electrons. The standard InChI is InChI=1S/C17H18N4O3S2/c1-2-16-20-21-17(25-16)19-15(22)9-10-18-26(23,24)14-8-7-12-5-3-4-6-13(12)11-14/h3-8,11,18H,2,9-10H2,1H3,(H,19,21,22). The lowest BCUT2D eigenvalue weighted by Crippen LogP contribution is -2.27. The number of anilines is 1. The zero-order valence-corrected chi connectivity index (χ0v) is 15.7. The molecule has 1 amide bonds. The summed E-state index contributed by atoms with van der Waals surface area (Å²) >= 11 is 1.31. The lowest BCUT2D eigenvalue weighted by Gasteiger charge is -2.07. The van der Waals surface area contributed by atoms with Crippen LogP contribution < -0.4 is 10.0 Å². The summed E-state index contributed by atoms with van der Waals surface area (Å²) in [6.07, 6.45) is 0.757. The summed E-state index contributed by atoms with van der Waals surface area (Å²) in [5.41, 5.74) is 0. The minimum absolute atomic E-state index is 0.000429. The Morgan fingerprint density at radius 1 is 1.12 bits per heavy atom. The van der Waals surface area contributed by atoms with Crippen LogP contribution in [0.1, 0.15) is 18.4 Å². The summed E-state index contributed by atoms with van der Waals surface area (Å²) in [5, 5.41) is 13.5. The third-order valence-electron chi connectivity index (χ3n) is 3.69. The second-order valence-electron chi connectivity index (χ2n) is 5.56. The number of fused-ring (bicyclic) bond motifs is 1. The van der Waals surface area contributed by atoms with Gasteiger partial charge >= 0.3 is 0 Å². The number of carbonyl (C=O) groups excluding carboxylic acids is 1. The van der Waals surface area contributed by atoms with E-state index in [0.717, 1.165) is 22.2 Å². The van der Waals surface area contributed by atoms with E-state index in [1.54, 1.807) is 18.2 Å². The Morgan fingerprint density at radius 3 is 2.62 bits per heavy atom. The van der Waals surface area contributed by atoms with Crippen molar-refractivity contribution in [2.75, 3.05) is 11.9 Å². The van der Waals surface area contributed by atoms with E-state index >= 15 is 0 Å². The van der Waals surface area contributed by atoms with Crippen molar-refractivity contribution in [2.45, 2.75) is 24.7 Å². The van der Waals surface area contributed by atoms with E-state index in [0.29, 0.717) is 5.13 Å². The van der Waals surface area contributed by atoms with Crippen LogP contribution in [0, 0.1) is 0 Å². The highest BCUT2D eigenvalue weighted by atomic mass is 32.2. The van der Waals surface area contributed by atoms with Crippen LogP contribution >= 0.6 is 11.3 Å². The number of aryl methyl sites for hydroxylation is 1. The molecule has 136 valence electrons. The average Bonchev–Trinajstić information content (AvgIpc) is 3.08. The van der Waals surface area contributed by atoms with E-state index in [1.807, 2.05) is 31.2 Å². The van der Waals surface area contributed by atoms with E-state index in [9.17, 15) is 13.2 Å². The number of benzene rings is 2. The molecule has 1 heterocycles. The molecule has 2 N–H and O–H groups in total. The largest absolute Gasteiger partial charge is 0.300 e. The highest BCUT2D eigenvalue weighted by molar-refractivity contribution is 7.89. The van der Waals surface area contributed by atoms with Gasteiger partial charge in [0.2, 0.25) is 21.1 Å². The fraction of sp³-hybridized carbons (Fsp3) is 0.235. The molecule has 0 saturated carbocycles. The first-order valence-electron chi connectivity index (χ1n) is 8.08. The summed E-state index contributed by atoms with van der Waals surface area (Å²) < 4.78 is 27.2. The zero-order chi connectivity index (χ0) is 18.6. The van der Waals surface area contributed by atoms with Gasteiger partial charge in [0.15, 0.2) is 0 Å². The first kappa shape index (κ1) is 18.4. The molecule has 0 aliphatic carbocycles. The first-order valence-corrected chi connectivity index (χ1v) is 10.4. The Bertz CT molecular complexity index is 1030. The molecule has 0 unspecified atom stereocenters. The smallest absolute Gasteiger partial charge is 0.240 e. The molecule has 26 heavy (non-hydrogen) atoms. The molecule has 0 bridgehead atoms. The first-order chi connectivity index (χ1) is 12.5. The van der Waals surface area contributed by atoms with Crippen molar-refractivity contribution in [2.24, 2.45) is 0 Å². The zero-order valence-electron chi connectivity index (χ0n) is 14.1. The number of carbonyl (C=O) groups is 1. The number of sulfonamides is 1. The molecule has 3 aromatic rings. The number of nitrogens with zero attached hydrogens (tertiary/aromatic N) is 2. The van der Waals surface area contributed by atoms with Gasteiger partial charge in [0.05, 0.1) is 4.90 Å². The molecule has 3 rings (SSSR count). The van der Waals surface area contributed by atoms with Crippen LogP contribution in [0.4, 0.5) is 5.13 Å². The molecule has 0 spiro atoms. The number of aromatic nitrogens is 2. The van der Waals surface area contributed by atoms with Gasteiger partial charge in [0, 0.05) is 13.0 Å². The molecule has 1 aromatic heterocycles. The Kier molecular flexibility index (Phi) is 5.60. The van der Waals surface area contributed by atoms with Crippen molar-refractivity contribution >= 4 is 43.2 Å². The van der Waals surface area contributed by atoms with Gasteiger partial charge in [0.1, 0.15) is 5.01 Å². The van der Waals surface area contributed by atoms with Gasteiger partial charge in [-0.1, -0.05) is 48.6 Å². The molecule has 0 atom stereocenters. The molecule has 2 aromatic carbocycles. The van der Waals surface area contributed by atoms with Crippen molar-refractivity contribution in [3.63, 3.8) is 0 Å². The fourth-order valence-electron chi connectivity index (χ4n) is 2.35. The fourth-order valence-corrected chi connectivity index (χ4v) is 4.11. The summed E-state index contributed by atoms with van der Waals surface area (Å²) in [4.78, 5) is 12.1. The minimum Gasteiger partial charge on any atom is -0.300 e. The number of nitrogens with one attached hydrogen (secondary N) is 2. The maximum Gasteiger partial charge on any atom is 0.240 e. The predicted molar refractivity (Wildman–Crippen MR) is 102 cm³/mol. The van der Waals surface area contributed by atoms with Gasteiger partial charge in [0.25, 0.3) is 0 Å². The number of hydrogen-bond acceptors (Lipinski definition) is 6. The van der Waals surface area contributed by atoms with Crippen molar-refractivity contribution in [1.29, 1.82) is 0 Å². The molecule has 0 aliphatic heterocycles. The van der Waals surface area contributed by atoms with Gasteiger partial charge < -0.3 is 5.32 Å². The van der Waals surface area contributed by atoms with Crippen LogP contribution in [0.15, 0.2) is 47.4 Å². The molecular weight excluding hydrogens is 372 g/mol. The van der Waals surface area contributed by atoms with Gasteiger partial charge in [-0.05, 0) is 29.3 Å². The Balaban J connectivity index is 1.57. The van der Waals surface area contributed by atoms with Crippen molar-refractivity contribution in [3.8, 4) is 0 Å². The SMILES string of the molecule is CCc1nnc(NC(=O)CCNS(=O)(=O)c2ccc3ccccc3c2)s1. The van der Waals surface area contributed by atoms with Crippen LogP contribution in [0.2, 0.25) is 0 Å². The summed E-state index contributed by atoms with van der Waals surface area (Å²) in [7, 11) is -3.68. The minimum atomic E-state index is -3.68. The Morgan fingerprint density at radius 2 is 1.88 bits per heavy atom. The Hall–Kier alpha value is -2.36. The highest BCUT2D eigenvalue weighted by Gasteiger charge is 2.15. The number of hydrogen-bond donors (Lipinski definition) is 2. The van der Waals surface area contributed by atoms with Crippen LogP contribution in [0.3, 0.4) is 0 Å². The summed E-state index contributed by atoms with van der Waals surface area (Å²) in [6, 6.07) is 12.5. The van der Waals surface area contributed by atoms with Crippen molar-refractivity contribution in [1.82, 2.24) is 14.9 Å². The molecule has 7 nitrogen and oxygen atoms in total. The lowest BCUT2D eigenvalue weighted by atomic mass is 10.1. The quantitative estimate of drug-likeness (QED) is 0.646. The summed E-state index contributed by atoms with van der Waals surface area (Å²) in [5.74, 6) is -0.315. The molecule has 0 saturated heterocycles. The van der Waals surface area contributed by atoms with E-state index < -0.39 is 10.0 Å². The van der Waals surface area contributed by atoms with Crippen LogP contribution in [0.5, 0.6) is 0 Å². The number of rotatable bonds is 7. The second kappa shape index (κ2) is 7.90. The second-order valence-corrected chi connectivity index (χ2v) is 8.39.